The Morgan fingerprint density at radius 2 is 1.58 bits per heavy atom. The highest BCUT2D eigenvalue weighted by molar-refractivity contribution is 5.90. The molecule has 0 aliphatic heterocycles. The molecule has 33 heavy (non-hydrogen) atoms. The van der Waals surface area contributed by atoms with Crippen molar-refractivity contribution >= 4 is 22.6 Å². The molecular formula is C29H31N3O. The Morgan fingerprint density at radius 1 is 0.848 bits per heavy atom. The molecule has 4 aromatic rings. The molecule has 0 atom stereocenters. The van der Waals surface area contributed by atoms with Crippen molar-refractivity contribution in [2.75, 3.05) is 5.32 Å². The van der Waals surface area contributed by atoms with Crippen molar-refractivity contribution in [2.24, 2.45) is 5.92 Å². The zero-order chi connectivity index (χ0) is 22.5. The zero-order valence-electron chi connectivity index (χ0n) is 19.0. The van der Waals surface area contributed by atoms with Crippen LogP contribution in [0.5, 0.6) is 0 Å². The van der Waals surface area contributed by atoms with Gasteiger partial charge in [0.2, 0.25) is 5.91 Å². The first-order valence-electron chi connectivity index (χ1n) is 12.2. The first kappa shape index (κ1) is 21.4. The maximum atomic E-state index is 12.4. The van der Waals surface area contributed by atoms with Crippen LogP contribution in [0.2, 0.25) is 0 Å². The number of aromatic nitrogens is 2. The lowest BCUT2D eigenvalue weighted by Crippen LogP contribution is -2.18. The number of anilines is 1. The lowest BCUT2D eigenvalue weighted by atomic mass is 9.87. The average Bonchev–Trinajstić information content (AvgIpc) is 3.23. The van der Waals surface area contributed by atoms with E-state index in [1.54, 1.807) is 0 Å². The normalized spacial score (nSPS) is 14.4. The Hall–Kier alpha value is -3.40. The van der Waals surface area contributed by atoms with Crippen molar-refractivity contribution in [2.45, 2.75) is 51.4 Å². The summed E-state index contributed by atoms with van der Waals surface area (Å²) in [6.07, 6.45) is 8.64. The molecule has 0 radical (unpaired) electrons. The first-order chi connectivity index (χ1) is 16.3. The van der Waals surface area contributed by atoms with Crippen LogP contribution in [0.4, 0.5) is 5.69 Å². The maximum Gasteiger partial charge on any atom is 0.224 e. The summed E-state index contributed by atoms with van der Waals surface area (Å²) in [5, 5.41) is 3.08. The van der Waals surface area contributed by atoms with E-state index in [0.29, 0.717) is 12.3 Å². The Kier molecular flexibility index (Phi) is 6.52. The van der Waals surface area contributed by atoms with Gasteiger partial charge < -0.3 is 5.32 Å². The molecule has 0 bridgehead atoms. The van der Waals surface area contributed by atoms with Gasteiger partial charge >= 0.3 is 0 Å². The quantitative estimate of drug-likeness (QED) is 0.349. The third-order valence-electron chi connectivity index (χ3n) is 6.72. The van der Waals surface area contributed by atoms with Crippen LogP contribution in [0.1, 0.15) is 49.9 Å². The Balaban J connectivity index is 1.25. The van der Waals surface area contributed by atoms with Crippen LogP contribution in [0.25, 0.3) is 16.7 Å². The topological polar surface area (TPSA) is 46.9 Å². The molecule has 4 heteroatoms. The van der Waals surface area contributed by atoms with Gasteiger partial charge in [-0.15, -0.1) is 0 Å². The van der Waals surface area contributed by atoms with Gasteiger partial charge in [0.15, 0.2) is 0 Å². The predicted molar refractivity (Wildman–Crippen MR) is 135 cm³/mol. The van der Waals surface area contributed by atoms with Gasteiger partial charge in [-0.25, -0.2) is 4.98 Å². The predicted octanol–water partition coefficient (Wildman–Crippen LogP) is 6.72. The molecule has 1 N–H and O–H groups in total. The number of rotatable bonds is 7. The van der Waals surface area contributed by atoms with Crippen LogP contribution in [0, 0.1) is 5.92 Å². The van der Waals surface area contributed by atoms with E-state index in [2.05, 4.69) is 64.5 Å². The fraction of sp³-hybridized carbons (Fsp3) is 0.310. The number of carbonyl (C=O) groups is 1. The highest BCUT2D eigenvalue weighted by atomic mass is 16.1. The first-order valence-corrected chi connectivity index (χ1v) is 12.2. The number of aryl methyl sites for hydroxylation is 2. The number of hydrogen-bond donors (Lipinski definition) is 1. The van der Waals surface area contributed by atoms with Gasteiger partial charge in [-0.3, -0.25) is 9.36 Å². The van der Waals surface area contributed by atoms with E-state index in [1.165, 1.54) is 37.7 Å². The summed E-state index contributed by atoms with van der Waals surface area (Å²) in [5.74, 6) is 1.76. The van der Waals surface area contributed by atoms with Crippen LogP contribution in [-0.4, -0.2) is 15.5 Å². The Labute approximate surface area is 195 Å². The van der Waals surface area contributed by atoms with Crippen molar-refractivity contribution in [1.82, 2.24) is 9.55 Å². The van der Waals surface area contributed by atoms with Crippen molar-refractivity contribution in [3.63, 3.8) is 0 Å². The number of hydrogen-bond acceptors (Lipinski definition) is 2. The maximum absolute atomic E-state index is 12.4. The molecule has 3 aromatic carbocycles. The highest BCUT2D eigenvalue weighted by Crippen LogP contribution is 2.27. The van der Waals surface area contributed by atoms with Crippen LogP contribution in [-0.2, 0) is 17.6 Å². The molecule has 1 saturated carbocycles. The molecule has 5 rings (SSSR count). The van der Waals surface area contributed by atoms with E-state index >= 15 is 0 Å². The molecule has 168 valence electrons. The fourth-order valence-corrected chi connectivity index (χ4v) is 4.99. The second-order valence-electron chi connectivity index (χ2n) is 9.14. The number of nitrogens with zero attached hydrogens (tertiary/aromatic N) is 2. The number of para-hydroxylation sites is 3. The molecule has 0 spiro atoms. The van der Waals surface area contributed by atoms with E-state index in [9.17, 15) is 4.79 Å². The summed E-state index contributed by atoms with van der Waals surface area (Å²) in [6.45, 7) is 0. The molecule has 1 aliphatic rings. The molecular weight excluding hydrogens is 406 g/mol. The van der Waals surface area contributed by atoms with E-state index in [0.717, 1.165) is 41.1 Å². The van der Waals surface area contributed by atoms with Crippen molar-refractivity contribution in [3.8, 4) is 5.69 Å². The molecule has 1 aliphatic carbocycles. The molecule has 1 amide bonds. The highest BCUT2D eigenvalue weighted by Gasteiger charge is 2.17. The van der Waals surface area contributed by atoms with Crippen molar-refractivity contribution in [1.29, 1.82) is 0 Å². The van der Waals surface area contributed by atoms with Gasteiger partial charge in [0.25, 0.3) is 0 Å². The van der Waals surface area contributed by atoms with E-state index in [-0.39, 0.29) is 5.91 Å². The number of nitrogens with one attached hydrogen (secondary N) is 1. The molecule has 4 nitrogen and oxygen atoms in total. The molecule has 1 heterocycles. The third-order valence-corrected chi connectivity index (χ3v) is 6.72. The minimum atomic E-state index is 0.145. The summed E-state index contributed by atoms with van der Waals surface area (Å²) < 4.78 is 2.26. The van der Waals surface area contributed by atoms with Crippen LogP contribution in [0.3, 0.4) is 0 Å². The van der Waals surface area contributed by atoms with Crippen LogP contribution in [0.15, 0.2) is 78.9 Å². The van der Waals surface area contributed by atoms with Gasteiger partial charge in [0, 0.05) is 24.2 Å². The SMILES string of the molecule is O=C(CC1CCCCC1)Nc1ccc(CCc2nc3ccccc3n2-c2ccccc2)cc1. The second-order valence-corrected chi connectivity index (χ2v) is 9.14. The number of imidazole rings is 1. The summed E-state index contributed by atoms with van der Waals surface area (Å²) in [7, 11) is 0. The van der Waals surface area contributed by atoms with Gasteiger partial charge in [0.1, 0.15) is 5.82 Å². The molecule has 0 unspecified atom stereocenters. The number of carbonyl (C=O) groups excluding carboxylic acids is 1. The van der Waals surface area contributed by atoms with Gasteiger partial charge in [-0.2, -0.15) is 0 Å². The lowest BCUT2D eigenvalue weighted by Gasteiger charge is -2.20. The summed E-state index contributed by atoms with van der Waals surface area (Å²) >= 11 is 0. The monoisotopic (exact) mass is 437 g/mol. The van der Waals surface area contributed by atoms with E-state index in [1.807, 2.05) is 24.3 Å². The third kappa shape index (κ3) is 5.16. The standard InChI is InChI=1S/C29H31N3O/c33-29(21-23-9-3-1-4-10-23)30-24-18-15-22(16-19-24)17-20-28-31-26-13-7-8-14-27(26)32(28)25-11-5-2-6-12-25/h2,5-8,11-16,18-19,23H,1,3-4,9-10,17,20-21H2,(H,30,33). The number of benzene rings is 3. The smallest absolute Gasteiger partial charge is 0.224 e. The van der Waals surface area contributed by atoms with Gasteiger partial charge in [0.05, 0.1) is 11.0 Å². The van der Waals surface area contributed by atoms with Crippen LogP contribution < -0.4 is 5.32 Å². The molecule has 0 saturated heterocycles. The Morgan fingerprint density at radius 3 is 2.36 bits per heavy atom. The minimum absolute atomic E-state index is 0.145. The lowest BCUT2D eigenvalue weighted by molar-refractivity contribution is -0.117. The second kappa shape index (κ2) is 10.0. The summed E-state index contributed by atoms with van der Waals surface area (Å²) in [4.78, 5) is 17.3. The number of amides is 1. The van der Waals surface area contributed by atoms with Crippen molar-refractivity contribution in [3.05, 3.63) is 90.3 Å². The average molecular weight is 438 g/mol. The zero-order valence-corrected chi connectivity index (χ0v) is 19.0. The van der Waals surface area contributed by atoms with Crippen LogP contribution >= 0.6 is 0 Å². The van der Waals surface area contributed by atoms with E-state index in [4.69, 9.17) is 4.98 Å². The minimum Gasteiger partial charge on any atom is -0.326 e. The molecule has 1 fully saturated rings. The Bertz CT molecular complexity index is 1200. The van der Waals surface area contributed by atoms with Gasteiger partial charge in [-0.05, 0) is 67.1 Å². The van der Waals surface area contributed by atoms with Gasteiger partial charge in [-0.1, -0.05) is 61.7 Å². The van der Waals surface area contributed by atoms with Crippen molar-refractivity contribution < 1.29 is 4.79 Å². The fourth-order valence-electron chi connectivity index (χ4n) is 4.99. The number of fused-ring (bicyclic) bond motifs is 1. The largest absolute Gasteiger partial charge is 0.326 e. The molecule has 1 aromatic heterocycles. The van der Waals surface area contributed by atoms with E-state index < -0.39 is 0 Å². The summed E-state index contributed by atoms with van der Waals surface area (Å²) in [6, 6.07) is 27.0. The summed E-state index contributed by atoms with van der Waals surface area (Å²) in [5.41, 5.74) is 5.42.